The lowest BCUT2D eigenvalue weighted by Gasteiger charge is -2.16. The van der Waals surface area contributed by atoms with Crippen LogP contribution in [0.1, 0.15) is 16.2 Å². The molecule has 1 aromatic heterocycles. The average Bonchev–Trinajstić information content (AvgIpc) is 2.84. The molecule has 0 bridgehead atoms. The van der Waals surface area contributed by atoms with Crippen LogP contribution in [-0.2, 0) is 13.5 Å². The number of nitrogen functional groups attached to an aromatic ring is 1. The number of nitrogens with two attached hydrogens (primary N) is 1. The number of benzene rings is 1. The monoisotopic (exact) mass is 287 g/mol. The second-order valence-electron chi connectivity index (χ2n) is 5.14. The highest BCUT2D eigenvalue weighted by Crippen LogP contribution is 2.20. The molecule has 0 aliphatic carbocycles. The summed E-state index contributed by atoms with van der Waals surface area (Å²) < 4.78 is 1.98. The number of nitrogens with one attached hydrogen (secondary N) is 1. The Morgan fingerprint density at radius 2 is 2.19 bits per heavy atom. The Balaban J connectivity index is 2.10. The van der Waals surface area contributed by atoms with Crippen molar-refractivity contribution in [2.75, 3.05) is 31.7 Å². The third-order valence-corrected chi connectivity index (χ3v) is 3.27. The number of aryl methyl sites for hydroxylation is 1. The van der Waals surface area contributed by atoms with Crippen molar-refractivity contribution in [1.29, 1.82) is 0 Å². The summed E-state index contributed by atoms with van der Waals surface area (Å²) in [5, 5.41) is 3.27. The molecule has 1 amide bonds. The van der Waals surface area contributed by atoms with Crippen LogP contribution in [0.4, 0.5) is 11.4 Å². The maximum atomic E-state index is 12.2. The number of hydrogen-bond donors (Lipinski definition) is 2. The first kappa shape index (κ1) is 14.9. The van der Waals surface area contributed by atoms with Crippen molar-refractivity contribution in [1.82, 2.24) is 14.5 Å². The maximum absolute atomic E-state index is 12.2. The van der Waals surface area contributed by atoms with E-state index in [2.05, 4.69) is 10.3 Å². The minimum Gasteiger partial charge on any atom is -0.399 e. The summed E-state index contributed by atoms with van der Waals surface area (Å²) in [6.45, 7) is 0.683. The molecule has 0 saturated carbocycles. The molecule has 21 heavy (non-hydrogen) atoms. The molecule has 1 aromatic carbocycles. The lowest BCUT2D eigenvalue weighted by Crippen LogP contribution is -2.23. The fraction of sp³-hybridized carbons (Fsp3) is 0.333. The minimum atomic E-state index is -0.0468. The van der Waals surface area contributed by atoms with Gasteiger partial charge in [0.1, 0.15) is 5.82 Å². The van der Waals surface area contributed by atoms with Crippen LogP contribution in [0.5, 0.6) is 0 Å². The number of rotatable bonds is 5. The number of aromatic nitrogens is 2. The van der Waals surface area contributed by atoms with Gasteiger partial charge in [0.15, 0.2) is 0 Å². The zero-order valence-electron chi connectivity index (χ0n) is 12.6. The molecule has 0 atom stereocenters. The smallest absolute Gasteiger partial charge is 0.255 e. The van der Waals surface area contributed by atoms with Gasteiger partial charge in [-0.15, -0.1) is 0 Å². The summed E-state index contributed by atoms with van der Waals surface area (Å²) in [5.41, 5.74) is 7.81. The molecule has 0 fully saturated rings. The first-order valence-corrected chi connectivity index (χ1v) is 6.80. The van der Waals surface area contributed by atoms with E-state index in [9.17, 15) is 4.79 Å². The van der Waals surface area contributed by atoms with E-state index in [1.807, 2.05) is 17.8 Å². The second kappa shape index (κ2) is 6.30. The van der Waals surface area contributed by atoms with E-state index in [1.165, 1.54) is 0 Å². The number of nitrogens with zero attached hydrogens (tertiary/aromatic N) is 3. The minimum absolute atomic E-state index is 0.0468. The third-order valence-electron chi connectivity index (χ3n) is 3.27. The van der Waals surface area contributed by atoms with Crippen molar-refractivity contribution >= 4 is 17.3 Å². The largest absolute Gasteiger partial charge is 0.399 e. The Bertz CT molecular complexity index is 633. The topological polar surface area (TPSA) is 76.2 Å². The number of amides is 1. The van der Waals surface area contributed by atoms with E-state index in [0.29, 0.717) is 17.8 Å². The van der Waals surface area contributed by atoms with Crippen molar-refractivity contribution in [3.63, 3.8) is 0 Å². The van der Waals surface area contributed by atoms with Crippen LogP contribution in [0.15, 0.2) is 30.6 Å². The molecule has 3 N–H and O–H groups in total. The third kappa shape index (κ3) is 3.53. The standard InChI is InChI=1S/C15H21N5O/c1-19(2)15(21)12-5-4-11(16)10-13(12)17-7-6-14-18-8-9-20(14)3/h4-5,8-10,17H,6-7,16H2,1-3H3. The highest BCUT2D eigenvalue weighted by atomic mass is 16.2. The van der Waals surface area contributed by atoms with Crippen molar-refractivity contribution in [3.8, 4) is 0 Å². The Morgan fingerprint density at radius 3 is 2.81 bits per heavy atom. The molecule has 0 unspecified atom stereocenters. The molecular formula is C15H21N5O. The number of hydrogen-bond acceptors (Lipinski definition) is 4. The van der Waals surface area contributed by atoms with E-state index >= 15 is 0 Å². The molecule has 6 nitrogen and oxygen atoms in total. The molecule has 0 radical (unpaired) electrons. The number of carbonyl (C=O) groups excluding carboxylic acids is 1. The van der Waals surface area contributed by atoms with Gasteiger partial charge < -0.3 is 20.5 Å². The Kier molecular flexibility index (Phi) is 4.47. The van der Waals surface area contributed by atoms with E-state index in [4.69, 9.17) is 5.73 Å². The molecule has 0 saturated heterocycles. The SMILES string of the molecule is CN(C)C(=O)c1ccc(N)cc1NCCc1nccn1C. The van der Waals surface area contributed by atoms with Crippen LogP contribution in [0.2, 0.25) is 0 Å². The molecule has 0 spiro atoms. The summed E-state index contributed by atoms with van der Waals surface area (Å²) in [6.07, 6.45) is 4.46. The van der Waals surface area contributed by atoms with Gasteiger partial charge in [-0.3, -0.25) is 4.79 Å². The van der Waals surface area contributed by atoms with E-state index in [-0.39, 0.29) is 5.91 Å². The highest BCUT2D eigenvalue weighted by Gasteiger charge is 2.13. The second-order valence-corrected chi connectivity index (χ2v) is 5.14. The van der Waals surface area contributed by atoms with Gasteiger partial charge in [0, 0.05) is 57.9 Å². The van der Waals surface area contributed by atoms with Crippen molar-refractivity contribution < 1.29 is 4.79 Å². The molecule has 2 rings (SSSR count). The molecule has 6 heteroatoms. The molecule has 0 aliphatic heterocycles. The first-order valence-electron chi connectivity index (χ1n) is 6.80. The maximum Gasteiger partial charge on any atom is 0.255 e. The van der Waals surface area contributed by atoms with Crippen LogP contribution in [-0.4, -0.2) is 41.0 Å². The van der Waals surface area contributed by atoms with Crippen molar-refractivity contribution in [3.05, 3.63) is 42.0 Å². The lowest BCUT2D eigenvalue weighted by atomic mass is 10.1. The van der Waals surface area contributed by atoms with Gasteiger partial charge in [-0.25, -0.2) is 4.98 Å². The molecular weight excluding hydrogens is 266 g/mol. The highest BCUT2D eigenvalue weighted by molar-refractivity contribution is 5.99. The Hall–Kier alpha value is -2.50. The number of imidazole rings is 1. The molecule has 112 valence electrons. The van der Waals surface area contributed by atoms with Gasteiger partial charge in [0.05, 0.1) is 5.56 Å². The van der Waals surface area contributed by atoms with Crippen LogP contribution >= 0.6 is 0 Å². The molecule has 2 aromatic rings. The summed E-state index contributed by atoms with van der Waals surface area (Å²) in [5.74, 6) is 0.946. The quantitative estimate of drug-likeness (QED) is 0.814. The number of anilines is 2. The summed E-state index contributed by atoms with van der Waals surface area (Å²) in [6, 6.07) is 5.27. The van der Waals surface area contributed by atoms with E-state index in [0.717, 1.165) is 17.9 Å². The fourth-order valence-electron chi connectivity index (χ4n) is 2.08. The summed E-state index contributed by atoms with van der Waals surface area (Å²) in [4.78, 5) is 18.0. The predicted molar refractivity (Wildman–Crippen MR) is 84.3 cm³/mol. The van der Waals surface area contributed by atoms with Gasteiger partial charge in [-0.2, -0.15) is 0 Å². The van der Waals surface area contributed by atoms with Crippen LogP contribution in [0, 0.1) is 0 Å². The molecule has 1 heterocycles. The van der Waals surface area contributed by atoms with Gasteiger partial charge in [0.25, 0.3) is 5.91 Å². The van der Waals surface area contributed by atoms with E-state index < -0.39 is 0 Å². The normalized spacial score (nSPS) is 10.4. The van der Waals surface area contributed by atoms with Gasteiger partial charge in [0.2, 0.25) is 0 Å². The zero-order chi connectivity index (χ0) is 15.4. The predicted octanol–water partition coefficient (Wildman–Crippen LogP) is 1.36. The Morgan fingerprint density at radius 1 is 1.43 bits per heavy atom. The van der Waals surface area contributed by atoms with Crippen LogP contribution in [0.25, 0.3) is 0 Å². The summed E-state index contributed by atoms with van der Waals surface area (Å²) in [7, 11) is 5.43. The molecule has 0 aliphatic rings. The van der Waals surface area contributed by atoms with Crippen molar-refractivity contribution in [2.24, 2.45) is 7.05 Å². The first-order chi connectivity index (χ1) is 9.99. The Labute approximate surface area is 124 Å². The lowest BCUT2D eigenvalue weighted by molar-refractivity contribution is 0.0828. The average molecular weight is 287 g/mol. The van der Waals surface area contributed by atoms with Crippen LogP contribution in [0.3, 0.4) is 0 Å². The van der Waals surface area contributed by atoms with Crippen LogP contribution < -0.4 is 11.1 Å². The summed E-state index contributed by atoms with van der Waals surface area (Å²) >= 11 is 0. The van der Waals surface area contributed by atoms with Gasteiger partial charge >= 0.3 is 0 Å². The van der Waals surface area contributed by atoms with Gasteiger partial charge in [-0.1, -0.05) is 0 Å². The van der Waals surface area contributed by atoms with Crippen molar-refractivity contribution in [2.45, 2.75) is 6.42 Å². The fourth-order valence-corrected chi connectivity index (χ4v) is 2.08. The van der Waals surface area contributed by atoms with Gasteiger partial charge in [-0.05, 0) is 18.2 Å². The zero-order valence-corrected chi connectivity index (χ0v) is 12.6. The van der Waals surface area contributed by atoms with E-state index in [1.54, 1.807) is 43.4 Å². The number of carbonyl (C=O) groups is 1.